The van der Waals surface area contributed by atoms with Gasteiger partial charge in [-0.3, -0.25) is 0 Å². The molecular weight excluding hydrogens is 248 g/mol. The summed E-state index contributed by atoms with van der Waals surface area (Å²) in [5, 5.41) is 18.4. The number of hydrogen-bond donors (Lipinski definition) is 2. The van der Waals surface area contributed by atoms with E-state index in [1.54, 1.807) is 0 Å². The Hall–Kier alpha value is -0.600. The van der Waals surface area contributed by atoms with Crippen LogP contribution in [0.25, 0.3) is 0 Å². The lowest BCUT2D eigenvalue weighted by atomic mass is 9.87. The second kappa shape index (κ2) is 11.1. The Morgan fingerprint density at radius 1 is 1.05 bits per heavy atom. The largest absolute Gasteiger partial charge is 0.394 e. The predicted octanol–water partition coefficient (Wildman–Crippen LogP) is 4.47. The second-order valence-corrected chi connectivity index (χ2v) is 6.26. The van der Waals surface area contributed by atoms with Gasteiger partial charge in [0.05, 0.1) is 12.7 Å². The molecule has 0 bridgehead atoms. The zero-order chi connectivity index (χ0) is 15.5. The molecule has 0 aromatic carbocycles. The van der Waals surface area contributed by atoms with Crippen LogP contribution in [0.1, 0.15) is 66.7 Å². The Morgan fingerprint density at radius 3 is 2.25 bits per heavy atom. The van der Waals surface area contributed by atoms with Gasteiger partial charge in [0.2, 0.25) is 0 Å². The molecule has 0 fully saturated rings. The minimum absolute atomic E-state index is 0.130. The number of allylic oxidation sites excluding steroid dienone is 4. The van der Waals surface area contributed by atoms with E-state index in [1.165, 1.54) is 11.1 Å². The molecule has 0 radical (unpaired) electrons. The minimum atomic E-state index is -0.570. The first kappa shape index (κ1) is 19.4. The molecule has 20 heavy (non-hydrogen) atoms. The van der Waals surface area contributed by atoms with Crippen LogP contribution in [0.15, 0.2) is 23.3 Å². The summed E-state index contributed by atoms with van der Waals surface area (Å²) >= 11 is 0. The highest BCUT2D eigenvalue weighted by Crippen LogP contribution is 2.22. The van der Waals surface area contributed by atoms with Gasteiger partial charge in [-0.05, 0) is 57.8 Å². The summed E-state index contributed by atoms with van der Waals surface area (Å²) < 4.78 is 0. The molecular formula is C18H34O2. The molecule has 0 amide bonds. The van der Waals surface area contributed by atoms with Crippen LogP contribution in [-0.2, 0) is 0 Å². The van der Waals surface area contributed by atoms with Crippen molar-refractivity contribution in [3.8, 4) is 0 Å². The molecule has 0 rings (SSSR count). The van der Waals surface area contributed by atoms with E-state index in [9.17, 15) is 5.11 Å². The van der Waals surface area contributed by atoms with E-state index in [-0.39, 0.29) is 6.61 Å². The lowest BCUT2D eigenvalue weighted by Crippen LogP contribution is -2.19. The van der Waals surface area contributed by atoms with E-state index in [0.717, 1.165) is 25.7 Å². The van der Waals surface area contributed by atoms with Crippen LogP contribution in [0.5, 0.6) is 0 Å². The highest BCUT2D eigenvalue weighted by Gasteiger charge is 2.15. The first-order chi connectivity index (χ1) is 9.40. The Balaban J connectivity index is 4.06. The van der Waals surface area contributed by atoms with Crippen molar-refractivity contribution in [3.63, 3.8) is 0 Å². The fourth-order valence-electron chi connectivity index (χ4n) is 2.15. The maximum atomic E-state index is 9.47. The topological polar surface area (TPSA) is 40.5 Å². The molecule has 0 aliphatic heterocycles. The van der Waals surface area contributed by atoms with Crippen LogP contribution in [0.3, 0.4) is 0 Å². The highest BCUT2D eigenvalue weighted by atomic mass is 16.3. The summed E-state index contributed by atoms with van der Waals surface area (Å²) in [6, 6.07) is 0. The molecule has 0 aromatic rings. The standard InChI is InChI=1S/C18H34O2/c1-6-14(2)8-7-9-15(3)10-11-16(4)17(5)12-18(20)13-19/h8,10,16-20H,6-7,9,11-13H2,1-5H3/b14-8-,15-10+/t16-,17+,18+/m1/s1. The smallest absolute Gasteiger partial charge is 0.0773 e. The molecule has 0 aromatic heterocycles. The lowest BCUT2D eigenvalue weighted by molar-refractivity contribution is 0.0689. The highest BCUT2D eigenvalue weighted by molar-refractivity contribution is 5.03. The van der Waals surface area contributed by atoms with Gasteiger partial charge in [0.25, 0.3) is 0 Å². The van der Waals surface area contributed by atoms with Gasteiger partial charge in [-0.2, -0.15) is 0 Å². The molecule has 0 unspecified atom stereocenters. The maximum absolute atomic E-state index is 9.47. The van der Waals surface area contributed by atoms with Gasteiger partial charge in [0.1, 0.15) is 0 Å². The van der Waals surface area contributed by atoms with Crippen molar-refractivity contribution in [2.45, 2.75) is 72.8 Å². The number of aliphatic hydroxyl groups excluding tert-OH is 2. The van der Waals surface area contributed by atoms with E-state index < -0.39 is 6.10 Å². The normalized spacial score (nSPS) is 17.9. The Bertz CT molecular complexity index is 305. The Morgan fingerprint density at radius 2 is 1.70 bits per heavy atom. The molecule has 0 saturated heterocycles. The first-order valence-electron chi connectivity index (χ1n) is 8.00. The maximum Gasteiger partial charge on any atom is 0.0773 e. The fourth-order valence-corrected chi connectivity index (χ4v) is 2.15. The van der Waals surface area contributed by atoms with Crippen molar-refractivity contribution >= 4 is 0 Å². The van der Waals surface area contributed by atoms with Gasteiger partial charge < -0.3 is 10.2 Å². The summed E-state index contributed by atoms with van der Waals surface area (Å²) in [6.45, 7) is 10.8. The molecule has 2 nitrogen and oxygen atoms in total. The molecule has 0 heterocycles. The van der Waals surface area contributed by atoms with Crippen molar-refractivity contribution in [2.75, 3.05) is 6.61 Å². The Kier molecular flexibility index (Phi) is 10.8. The van der Waals surface area contributed by atoms with Crippen molar-refractivity contribution in [2.24, 2.45) is 11.8 Å². The average Bonchev–Trinajstić information content (AvgIpc) is 2.43. The van der Waals surface area contributed by atoms with Crippen LogP contribution in [0.2, 0.25) is 0 Å². The molecule has 2 heteroatoms. The monoisotopic (exact) mass is 282 g/mol. The van der Waals surface area contributed by atoms with Gasteiger partial charge in [0.15, 0.2) is 0 Å². The predicted molar refractivity (Wildman–Crippen MR) is 87.7 cm³/mol. The first-order valence-corrected chi connectivity index (χ1v) is 8.00. The SMILES string of the molecule is CC/C(C)=C\CC/C(C)=C/C[C@@H](C)[C@@H](C)C[C@H](O)CO. The van der Waals surface area contributed by atoms with Crippen molar-refractivity contribution in [1.82, 2.24) is 0 Å². The van der Waals surface area contributed by atoms with Gasteiger partial charge in [0, 0.05) is 0 Å². The number of rotatable bonds is 10. The van der Waals surface area contributed by atoms with Gasteiger partial charge in [-0.15, -0.1) is 0 Å². The van der Waals surface area contributed by atoms with Crippen LogP contribution in [0, 0.1) is 11.8 Å². The third-order valence-corrected chi connectivity index (χ3v) is 4.25. The van der Waals surface area contributed by atoms with E-state index >= 15 is 0 Å². The minimum Gasteiger partial charge on any atom is -0.394 e. The van der Waals surface area contributed by atoms with Crippen LogP contribution >= 0.6 is 0 Å². The molecule has 118 valence electrons. The van der Waals surface area contributed by atoms with Gasteiger partial charge >= 0.3 is 0 Å². The zero-order valence-electron chi connectivity index (χ0n) is 14.0. The van der Waals surface area contributed by atoms with E-state index in [1.807, 2.05) is 0 Å². The molecule has 2 N–H and O–H groups in total. The van der Waals surface area contributed by atoms with E-state index in [4.69, 9.17) is 5.11 Å². The second-order valence-electron chi connectivity index (χ2n) is 6.26. The molecule has 0 aliphatic carbocycles. The Labute approximate surface area is 125 Å². The third kappa shape index (κ3) is 9.33. The van der Waals surface area contributed by atoms with Gasteiger partial charge in [-0.1, -0.05) is 44.1 Å². The summed E-state index contributed by atoms with van der Waals surface area (Å²) in [5.74, 6) is 0.975. The summed E-state index contributed by atoms with van der Waals surface area (Å²) in [6.07, 6.45) is 9.25. The van der Waals surface area contributed by atoms with Crippen molar-refractivity contribution in [1.29, 1.82) is 0 Å². The zero-order valence-corrected chi connectivity index (χ0v) is 14.0. The van der Waals surface area contributed by atoms with E-state index in [0.29, 0.717) is 18.3 Å². The summed E-state index contributed by atoms with van der Waals surface area (Å²) in [7, 11) is 0. The molecule has 0 spiro atoms. The number of hydrogen-bond acceptors (Lipinski definition) is 2. The summed E-state index contributed by atoms with van der Waals surface area (Å²) in [5.41, 5.74) is 2.92. The summed E-state index contributed by atoms with van der Waals surface area (Å²) in [4.78, 5) is 0. The molecule has 3 atom stereocenters. The van der Waals surface area contributed by atoms with Crippen LogP contribution < -0.4 is 0 Å². The average molecular weight is 282 g/mol. The fraction of sp³-hybridized carbons (Fsp3) is 0.778. The van der Waals surface area contributed by atoms with E-state index in [2.05, 4.69) is 46.8 Å². The molecule has 0 aliphatic rings. The van der Waals surface area contributed by atoms with Crippen molar-refractivity contribution < 1.29 is 10.2 Å². The third-order valence-electron chi connectivity index (χ3n) is 4.25. The number of aliphatic hydroxyl groups is 2. The lowest BCUT2D eigenvalue weighted by Gasteiger charge is -2.21. The quantitative estimate of drug-likeness (QED) is 0.580. The van der Waals surface area contributed by atoms with Crippen molar-refractivity contribution in [3.05, 3.63) is 23.3 Å². The molecule has 0 saturated carbocycles. The van der Waals surface area contributed by atoms with Gasteiger partial charge in [-0.25, -0.2) is 0 Å². The van der Waals surface area contributed by atoms with Crippen LogP contribution in [0.4, 0.5) is 0 Å². The van der Waals surface area contributed by atoms with Crippen LogP contribution in [-0.4, -0.2) is 22.9 Å².